The van der Waals surface area contributed by atoms with Crippen LogP contribution in [0.1, 0.15) is 19.4 Å². The van der Waals surface area contributed by atoms with Gasteiger partial charge in [-0.15, -0.1) is 12.4 Å². The molecule has 0 spiro atoms. The SMILES string of the molecule is CC(C)Oc1ccc(-c2nc(-c3ccc(CNCC(=O)O)cc3Cl)no2)cc1.Cl. The van der Waals surface area contributed by atoms with Crippen LogP contribution < -0.4 is 10.1 Å². The summed E-state index contributed by atoms with van der Waals surface area (Å²) in [6, 6.07) is 12.8. The highest BCUT2D eigenvalue weighted by Gasteiger charge is 2.14. The molecular weight excluding hydrogens is 417 g/mol. The zero-order valence-corrected chi connectivity index (χ0v) is 17.5. The Balaban J connectivity index is 0.00000300. The lowest BCUT2D eigenvalue weighted by Gasteiger charge is -2.09. The van der Waals surface area contributed by atoms with Gasteiger partial charge in [0.05, 0.1) is 17.7 Å². The van der Waals surface area contributed by atoms with E-state index in [0.717, 1.165) is 16.9 Å². The van der Waals surface area contributed by atoms with Gasteiger partial charge >= 0.3 is 5.97 Å². The van der Waals surface area contributed by atoms with Crippen LogP contribution in [0.2, 0.25) is 5.02 Å². The topological polar surface area (TPSA) is 97.5 Å². The van der Waals surface area contributed by atoms with Crippen molar-refractivity contribution in [2.24, 2.45) is 0 Å². The van der Waals surface area contributed by atoms with Crippen LogP contribution in [-0.4, -0.2) is 33.9 Å². The number of benzene rings is 2. The first kappa shape index (κ1) is 22.7. The first-order valence-corrected chi connectivity index (χ1v) is 9.12. The van der Waals surface area contributed by atoms with Crippen molar-refractivity contribution in [3.8, 4) is 28.6 Å². The Morgan fingerprint density at radius 3 is 2.59 bits per heavy atom. The molecular formula is C20H21Cl2N3O4. The van der Waals surface area contributed by atoms with Crippen molar-refractivity contribution in [1.82, 2.24) is 15.5 Å². The van der Waals surface area contributed by atoms with Crippen LogP contribution in [0.3, 0.4) is 0 Å². The number of aromatic nitrogens is 2. The number of carboxylic acids is 1. The highest BCUT2D eigenvalue weighted by atomic mass is 35.5. The van der Waals surface area contributed by atoms with Gasteiger partial charge < -0.3 is 19.7 Å². The molecule has 0 saturated carbocycles. The van der Waals surface area contributed by atoms with Crippen molar-refractivity contribution in [3.05, 3.63) is 53.1 Å². The average Bonchev–Trinajstić information content (AvgIpc) is 3.11. The standard InChI is InChI=1S/C20H20ClN3O4.ClH/c1-12(2)27-15-6-4-14(5-7-15)20-23-19(24-28-20)16-8-3-13(9-17(16)21)10-22-11-18(25)26;/h3-9,12,22H,10-11H2,1-2H3,(H,25,26);1H. The minimum Gasteiger partial charge on any atom is -0.491 e. The van der Waals surface area contributed by atoms with Crippen LogP contribution in [0.5, 0.6) is 5.75 Å². The Morgan fingerprint density at radius 2 is 1.97 bits per heavy atom. The van der Waals surface area contributed by atoms with Gasteiger partial charge in [0.25, 0.3) is 5.89 Å². The fraction of sp³-hybridized carbons (Fsp3) is 0.250. The average molecular weight is 438 g/mol. The van der Waals surface area contributed by atoms with Gasteiger partial charge in [0.2, 0.25) is 5.82 Å². The summed E-state index contributed by atoms with van der Waals surface area (Å²) in [5.74, 6) is 0.626. The number of hydrogen-bond donors (Lipinski definition) is 2. The molecule has 7 nitrogen and oxygen atoms in total. The second-order valence-electron chi connectivity index (χ2n) is 6.43. The molecule has 3 rings (SSSR count). The third-order valence-corrected chi connectivity index (χ3v) is 4.09. The monoisotopic (exact) mass is 437 g/mol. The van der Waals surface area contributed by atoms with E-state index in [4.69, 9.17) is 26.0 Å². The molecule has 1 heterocycles. The number of aliphatic carboxylic acids is 1. The maximum atomic E-state index is 10.6. The molecule has 9 heteroatoms. The van der Waals surface area contributed by atoms with Crippen LogP contribution in [0, 0.1) is 0 Å². The van der Waals surface area contributed by atoms with E-state index in [2.05, 4.69) is 15.5 Å². The number of hydrogen-bond acceptors (Lipinski definition) is 6. The van der Waals surface area contributed by atoms with Crippen molar-refractivity contribution in [2.75, 3.05) is 6.54 Å². The fourth-order valence-corrected chi connectivity index (χ4v) is 2.85. The van der Waals surface area contributed by atoms with Gasteiger partial charge in [-0.2, -0.15) is 4.98 Å². The summed E-state index contributed by atoms with van der Waals surface area (Å²) in [6.45, 7) is 4.22. The maximum Gasteiger partial charge on any atom is 0.317 e. The smallest absolute Gasteiger partial charge is 0.317 e. The summed E-state index contributed by atoms with van der Waals surface area (Å²) >= 11 is 6.35. The van der Waals surface area contributed by atoms with E-state index < -0.39 is 5.97 Å². The number of rotatable bonds is 8. The molecule has 2 N–H and O–H groups in total. The maximum absolute atomic E-state index is 10.6. The molecule has 1 aromatic heterocycles. The molecule has 0 bridgehead atoms. The molecule has 154 valence electrons. The van der Waals surface area contributed by atoms with Gasteiger partial charge in [0.1, 0.15) is 5.75 Å². The number of carboxylic acid groups (broad SMARTS) is 1. The van der Waals surface area contributed by atoms with E-state index in [-0.39, 0.29) is 25.1 Å². The highest BCUT2D eigenvalue weighted by molar-refractivity contribution is 6.33. The molecule has 2 aromatic carbocycles. The molecule has 0 radical (unpaired) electrons. The van der Waals surface area contributed by atoms with Crippen LogP contribution >= 0.6 is 24.0 Å². The quantitative estimate of drug-likeness (QED) is 0.537. The molecule has 0 atom stereocenters. The van der Waals surface area contributed by atoms with Gasteiger partial charge in [-0.05, 0) is 55.8 Å². The van der Waals surface area contributed by atoms with Crippen LogP contribution in [-0.2, 0) is 11.3 Å². The van der Waals surface area contributed by atoms with Crippen molar-refractivity contribution in [2.45, 2.75) is 26.5 Å². The Morgan fingerprint density at radius 1 is 1.24 bits per heavy atom. The minimum atomic E-state index is -0.911. The lowest BCUT2D eigenvalue weighted by Crippen LogP contribution is -2.21. The summed E-state index contributed by atoms with van der Waals surface area (Å²) < 4.78 is 11.0. The molecule has 0 aliphatic carbocycles. The predicted molar refractivity (Wildman–Crippen MR) is 113 cm³/mol. The second kappa shape index (κ2) is 10.2. The minimum absolute atomic E-state index is 0. The number of carbonyl (C=O) groups is 1. The third-order valence-electron chi connectivity index (χ3n) is 3.78. The van der Waals surface area contributed by atoms with Crippen molar-refractivity contribution in [1.29, 1.82) is 0 Å². The van der Waals surface area contributed by atoms with Crippen molar-refractivity contribution < 1.29 is 19.2 Å². The predicted octanol–water partition coefficient (Wildman–Crippen LogP) is 4.44. The zero-order valence-electron chi connectivity index (χ0n) is 15.9. The summed E-state index contributed by atoms with van der Waals surface area (Å²) in [4.78, 5) is 15.0. The molecule has 3 aromatic rings. The zero-order chi connectivity index (χ0) is 20.1. The molecule has 29 heavy (non-hydrogen) atoms. The summed E-state index contributed by atoms with van der Waals surface area (Å²) in [7, 11) is 0. The van der Waals surface area contributed by atoms with Gasteiger partial charge in [0.15, 0.2) is 0 Å². The number of nitrogens with zero attached hydrogens (tertiary/aromatic N) is 2. The summed E-state index contributed by atoms with van der Waals surface area (Å²) in [6.07, 6.45) is 0.102. The first-order valence-electron chi connectivity index (χ1n) is 8.74. The largest absolute Gasteiger partial charge is 0.491 e. The van der Waals surface area contributed by atoms with Gasteiger partial charge in [0, 0.05) is 17.7 Å². The molecule has 0 amide bonds. The van der Waals surface area contributed by atoms with E-state index in [9.17, 15) is 4.79 Å². The van der Waals surface area contributed by atoms with Gasteiger partial charge in [-0.3, -0.25) is 4.79 Å². The lowest BCUT2D eigenvalue weighted by atomic mass is 10.1. The highest BCUT2D eigenvalue weighted by Crippen LogP contribution is 2.29. The summed E-state index contributed by atoms with van der Waals surface area (Å²) in [5, 5.41) is 16.0. The Labute approximate surface area is 179 Å². The van der Waals surface area contributed by atoms with E-state index in [1.807, 2.05) is 44.2 Å². The van der Waals surface area contributed by atoms with Crippen molar-refractivity contribution >= 4 is 30.0 Å². The van der Waals surface area contributed by atoms with Crippen LogP contribution in [0.4, 0.5) is 0 Å². The molecule has 0 fully saturated rings. The van der Waals surface area contributed by atoms with E-state index in [1.54, 1.807) is 12.1 Å². The summed E-state index contributed by atoms with van der Waals surface area (Å²) in [5.41, 5.74) is 2.28. The first-order chi connectivity index (χ1) is 13.4. The Hall–Kier alpha value is -2.61. The van der Waals surface area contributed by atoms with Crippen LogP contribution in [0.25, 0.3) is 22.8 Å². The van der Waals surface area contributed by atoms with Crippen LogP contribution in [0.15, 0.2) is 47.0 Å². The Bertz CT molecular complexity index is 959. The number of halogens is 2. The number of ether oxygens (including phenoxy) is 1. The second-order valence-corrected chi connectivity index (χ2v) is 6.83. The third kappa shape index (κ3) is 6.19. The van der Waals surface area contributed by atoms with Gasteiger partial charge in [-0.25, -0.2) is 0 Å². The van der Waals surface area contributed by atoms with E-state index in [0.29, 0.717) is 28.8 Å². The van der Waals surface area contributed by atoms with Gasteiger partial charge in [-0.1, -0.05) is 22.8 Å². The van der Waals surface area contributed by atoms with E-state index >= 15 is 0 Å². The molecule has 0 aliphatic rings. The molecule has 0 aliphatic heterocycles. The van der Waals surface area contributed by atoms with Crippen molar-refractivity contribution in [3.63, 3.8) is 0 Å². The normalized spacial score (nSPS) is 10.6. The fourth-order valence-electron chi connectivity index (χ4n) is 2.56. The lowest BCUT2D eigenvalue weighted by molar-refractivity contribution is -0.135. The molecule has 0 saturated heterocycles. The Kier molecular flexibility index (Phi) is 8.01. The number of nitrogens with one attached hydrogen (secondary N) is 1. The van der Waals surface area contributed by atoms with E-state index in [1.165, 1.54) is 0 Å². The molecule has 0 unspecified atom stereocenters.